The molecule has 2 atom stereocenters. The molecule has 0 amide bonds. The second kappa shape index (κ2) is 17.2. The van der Waals surface area contributed by atoms with Gasteiger partial charge in [-0.05, 0) is 63.0 Å². The zero-order valence-electron chi connectivity index (χ0n) is 23.5. The number of hydrogen-bond donors (Lipinski definition) is 2. The van der Waals surface area contributed by atoms with Gasteiger partial charge in [-0.3, -0.25) is 0 Å². The molecule has 0 saturated carbocycles. The topological polar surface area (TPSA) is 185 Å². The summed E-state index contributed by atoms with van der Waals surface area (Å²) in [5.41, 5.74) is 2.54. The number of thiocarbonyl (C=S) groups is 2. The highest BCUT2D eigenvalue weighted by molar-refractivity contribution is 7.80. The van der Waals surface area contributed by atoms with E-state index in [4.69, 9.17) is 33.9 Å². The van der Waals surface area contributed by atoms with Gasteiger partial charge in [-0.2, -0.15) is 31.6 Å². The maximum absolute atomic E-state index is 9.79. The number of nitrogens with one attached hydrogen (secondary N) is 2. The number of allylic oxidation sites excluding steroid dienone is 8. The molecule has 0 bridgehead atoms. The molecular formula is C30H30N8O2S2. The number of nitrogens with zero attached hydrogens (tertiary/aromatic N) is 6. The van der Waals surface area contributed by atoms with Crippen molar-refractivity contribution in [3.8, 4) is 36.4 Å². The van der Waals surface area contributed by atoms with Crippen LogP contribution in [0.3, 0.4) is 0 Å². The normalized spacial score (nSPS) is 17.7. The van der Waals surface area contributed by atoms with Crippen LogP contribution in [0.5, 0.6) is 0 Å². The fourth-order valence-electron chi connectivity index (χ4n) is 5.02. The van der Waals surface area contributed by atoms with E-state index in [2.05, 4.69) is 22.8 Å². The van der Waals surface area contributed by atoms with Gasteiger partial charge >= 0.3 is 0 Å². The lowest BCUT2D eigenvalue weighted by Gasteiger charge is -2.27. The van der Waals surface area contributed by atoms with Gasteiger partial charge in [0.2, 0.25) is 0 Å². The van der Waals surface area contributed by atoms with Crippen molar-refractivity contribution in [1.82, 2.24) is 10.6 Å². The van der Waals surface area contributed by atoms with Crippen molar-refractivity contribution in [1.29, 1.82) is 31.6 Å². The highest BCUT2D eigenvalue weighted by Crippen LogP contribution is 2.36. The molecule has 2 rings (SSSR count). The van der Waals surface area contributed by atoms with Crippen molar-refractivity contribution < 1.29 is 9.47 Å². The minimum atomic E-state index is -0.222. The van der Waals surface area contributed by atoms with Gasteiger partial charge in [-0.15, -0.1) is 0 Å². The molecule has 2 aliphatic carbocycles. The van der Waals surface area contributed by atoms with Crippen LogP contribution in [0.4, 0.5) is 0 Å². The summed E-state index contributed by atoms with van der Waals surface area (Å²) >= 11 is 10.6. The summed E-state index contributed by atoms with van der Waals surface area (Å²) in [6, 6.07) is 11.8. The molecule has 0 spiro atoms. The summed E-state index contributed by atoms with van der Waals surface area (Å²) in [5, 5.41) is 64.5. The van der Waals surface area contributed by atoms with Crippen LogP contribution < -0.4 is 10.6 Å². The van der Waals surface area contributed by atoms with E-state index in [0.717, 1.165) is 25.7 Å². The third kappa shape index (κ3) is 8.39. The summed E-state index contributed by atoms with van der Waals surface area (Å²) in [4.78, 5) is 0. The first-order chi connectivity index (χ1) is 20.3. The molecule has 0 aromatic rings. The van der Waals surface area contributed by atoms with Crippen LogP contribution in [0.25, 0.3) is 0 Å². The highest BCUT2D eigenvalue weighted by atomic mass is 32.1. The van der Waals surface area contributed by atoms with Crippen molar-refractivity contribution >= 4 is 34.5 Å². The Kier molecular flexibility index (Phi) is 13.7. The van der Waals surface area contributed by atoms with E-state index in [1.165, 1.54) is 14.2 Å². The van der Waals surface area contributed by atoms with Gasteiger partial charge in [0, 0.05) is 47.5 Å². The maximum atomic E-state index is 9.79. The van der Waals surface area contributed by atoms with Gasteiger partial charge in [0.05, 0.1) is 25.4 Å². The first-order valence-corrected chi connectivity index (χ1v) is 14.1. The Morgan fingerprint density at radius 3 is 1.29 bits per heavy atom. The summed E-state index contributed by atoms with van der Waals surface area (Å²) in [5.74, 6) is -0.444. The lowest BCUT2D eigenvalue weighted by molar-refractivity contribution is 0.371. The van der Waals surface area contributed by atoms with Crippen LogP contribution >= 0.6 is 24.4 Å². The van der Waals surface area contributed by atoms with E-state index in [9.17, 15) is 31.6 Å². The molecule has 0 aliphatic heterocycles. The average molecular weight is 599 g/mol. The van der Waals surface area contributed by atoms with Gasteiger partial charge in [0.25, 0.3) is 0 Å². The fraction of sp³-hybridized carbons (Fsp3) is 0.467. The van der Waals surface area contributed by atoms with Gasteiger partial charge in [0.15, 0.2) is 10.1 Å². The molecule has 10 nitrogen and oxygen atoms in total. The Labute approximate surface area is 257 Å². The molecular weight excluding hydrogens is 569 g/mol. The Balaban J connectivity index is 1.99. The molecule has 0 aromatic heterocycles. The van der Waals surface area contributed by atoms with Gasteiger partial charge in [-0.25, -0.2) is 0 Å². The van der Waals surface area contributed by atoms with Crippen molar-refractivity contribution in [2.75, 3.05) is 27.3 Å². The number of ether oxygens (including phenoxy) is 2. The quantitative estimate of drug-likeness (QED) is 0.189. The summed E-state index contributed by atoms with van der Waals surface area (Å²) in [7, 11) is 2.97. The van der Waals surface area contributed by atoms with Crippen LogP contribution in [0.15, 0.2) is 44.8 Å². The summed E-state index contributed by atoms with van der Waals surface area (Å²) in [6.07, 6.45) is 4.97. The maximum Gasteiger partial charge on any atom is 0.163 e. The summed E-state index contributed by atoms with van der Waals surface area (Å²) < 4.78 is 10.5. The van der Waals surface area contributed by atoms with E-state index in [1.54, 1.807) is 0 Å². The first-order valence-electron chi connectivity index (χ1n) is 13.3. The van der Waals surface area contributed by atoms with Crippen LogP contribution in [0.1, 0.15) is 51.4 Å². The third-order valence-corrected chi connectivity index (χ3v) is 8.13. The Hall–Kier alpha value is -4.72. The zero-order chi connectivity index (χ0) is 31.1. The van der Waals surface area contributed by atoms with Gasteiger partial charge in [0.1, 0.15) is 47.6 Å². The third-order valence-electron chi connectivity index (χ3n) is 7.13. The van der Waals surface area contributed by atoms with E-state index in [-0.39, 0.29) is 23.0 Å². The van der Waals surface area contributed by atoms with Crippen molar-refractivity contribution in [3.05, 3.63) is 44.8 Å². The van der Waals surface area contributed by atoms with Crippen LogP contribution in [0.2, 0.25) is 0 Å². The largest absolute Gasteiger partial charge is 0.490 e. The Bertz CT molecular complexity index is 1340. The Morgan fingerprint density at radius 1 is 0.643 bits per heavy atom. The fourth-order valence-corrected chi connectivity index (χ4v) is 5.35. The second-order valence-electron chi connectivity index (χ2n) is 9.61. The number of unbranched alkanes of at least 4 members (excludes halogenated alkanes) is 3. The van der Waals surface area contributed by atoms with Crippen LogP contribution in [-0.4, -0.2) is 37.4 Å². The van der Waals surface area contributed by atoms with E-state index in [0.29, 0.717) is 82.6 Å². The van der Waals surface area contributed by atoms with Crippen molar-refractivity contribution in [2.45, 2.75) is 51.4 Å². The average Bonchev–Trinajstić information content (AvgIpc) is 3.02. The number of nitriles is 6. The number of rotatable bonds is 11. The predicted molar refractivity (Wildman–Crippen MR) is 161 cm³/mol. The van der Waals surface area contributed by atoms with Crippen molar-refractivity contribution in [2.24, 2.45) is 11.8 Å². The van der Waals surface area contributed by atoms with E-state index < -0.39 is 0 Å². The van der Waals surface area contributed by atoms with Crippen molar-refractivity contribution in [3.63, 3.8) is 0 Å². The summed E-state index contributed by atoms with van der Waals surface area (Å²) in [6.45, 7) is 1.20. The molecule has 12 heteroatoms. The minimum absolute atomic E-state index is 0.0935. The molecule has 0 radical (unpaired) electrons. The molecule has 2 unspecified atom stereocenters. The van der Waals surface area contributed by atoms with Crippen LogP contribution in [-0.2, 0) is 9.47 Å². The monoisotopic (exact) mass is 598 g/mol. The molecule has 2 aliphatic rings. The lowest BCUT2D eigenvalue weighted by atomic mass is 9.81. The van der Waals surface area contributed by atoms with Crippen LogP contribution in [0, 0.1) is 79.8 Å². The molecule has 42 heavy (non-hydrogen) atoms. The highest BCUT2D eigenvalue weighted by Gasteiger charge is 2.31. The zero-order valence-corrected chi connectivity index (χ0v) is 25.2. The molecule has 0 heterocycles. The number of hydrogen-bond acceptors (Lipinski definition) is 12. The lowest BCUT2D eigenvalue weighted by Crippen LogP contribution is -2.28. The van der Waals surface area contributed by atoms with Gasteiger partial charge < -0.3 is 20.1 Å². The molecule has 0 saturated heterocycles. The van der Waals surface area contributed by atoms with Gasteiger partial charge in [-0.1, -0.05) is 12.8 Å². The SMILES string of the molecule is COC(=S)C1CC(NCCCCCCNC2=C(C#N)C(=C(C#N)C#N)CC(C(=S)OC)C2)=C(C#N)C(=C(C#N)C#N)C1. The molecule has 2 N–H and O–H groups in total. The number of methoxy groups -OCH3 is 2. The predicted octanol–water partition coefficient (Wildman–Crippen LogP) is 4.74. The van der Waals surface area contributed by atoms with E-state index in [1.807, 2.05) is 24.3 Å². The standard InChI is InChI=1S/C30H30N8O2S2/c1-39-29(41)19-9-23(21(13-31)14-32)25(17-35)27(11-19)37-7-5-3-4-6-8-38-28-12-20(30(42)40-2)10-24(26(28)18-36)22(15-33)16-34/h19-20,37-38H,3-12H2,1-2H3. The smallest absolute Gasteiger partial charge is 0.163 e. The first kappa shape index (κ1) is 33.5. The molecule has 214 valence electrons. The second-order valence-corrected chi connectivity index (χ2v) is 10.4. The molecule has 0 fully saturated rings. The minimum Gasteiger partial charge on any atom is -0.490 e. The molecule has 0 aromatic carbocycles. The Morgan fingerprint density at radius 2 is 1.00 bits per heavy atom. The van der Waals surface area contributed by atoms with E-state index >= 15 is 0 Å².